The standard InChI is InChI=1S/C16H23BrO/c1-3-4-12-5-7-13(8-6-12)14-9-10-16(18-2)15(17)11-14/h9-13H,3-8H2,1-2H3. The first-order valence-electron chi connectivity index (χ1n) is 7.08. The maximum Gasteiger partial charge on any atom is 0.133 e. The fourth-order valence-electron chi connectivity index (χ4n) is 3.13. The van der Waals surface area contributed by atoms with Crippen LogP contribution in [0.3, 0.4) is 0 Å². The summed E-state index contributed by atoms with van der Waals surface area (Å²) in [6.07, 6.45) is 8.26. The van der Waals surface area contributed by atoms with Crippen molar-refractivity contribution >= 4 is 15.9 Å². The number of halogens is 1. The van der Waals surface area contributed by atoms with E-state index in [-0.39, 0.29) is 0 Å². The first kappa shape index (κ1) is 13.9. The summed E-state index contributed by atoms with van der Waals surface area (Å²) in [5.41, 5.74) is 1.47. The van der Waals surface area contributed by atoms with Gasteiger partial charge >= 0.3 is 0 Å². The highest BCUT2D eigenvalue weighted by molar-refractivity contribution is 9.10. The Labute approximate surface area is 119 Å². The molecule has 1 aliphatic carbocycles. The highest BCUT2D eigenvalue weighted by atomic mass is 79.9. The second kappa shape index (κ2) is 6.60. The smallest absolute Gasteiger partial charge is 0.133 e. The number of hydrogen-bond donors (Lipinski definition) is 0. The number of methoxy groups -OCH3 is 1. The normalized spacial score (nSPS) is 23.9. The summed E-state index contributed by atoms with van der Waals surface area (Å²) in [5, 5.41) is 0. The Bertz CT molecular complexity index is 381. The third kappa shape index (κ3) is 3.28. The molecule has 1 nitrogen and oxygen atoms in total. The Hall–Kier alpha value is -0.500. The van der Waals surface area contributed by atoms with Gasteiger partial charge in [0.2, 0.25) is 0 Å². The van der Waals surface area contributed by atoms with E-state index >= 15 is 0 Å². The number of benzene rings is 1. The summed E-state index contributed by atoms with van der Waals surface area (Å²) >= 11 is 3.59. The van der Waals surface area contributed by atoms with Crippen molar-refractivity contribution in [3.8, 4) is 5.75 Å². The minimum Gasteiger partial charge on any atom is -0.496 e. The average Bonchev–Trinajstić information content (AvgIpc) is 2.40. The Morgan fingerprint density at radius 1 is 1.22 bits per heavy atom. The fraction of sp³-hybridized carbons (Fsp3) is 0.625. The van der Waals surface area contributed by atoms with Gasteiger partial charge in [0.15, 0.2) is 0 Å². The molecule has 0 aromatic heterocycles. The van der Waals surface area contributed by atoms with Crippen LogP contribution in [0.1, 0.15) is 56.9 Å². The predicted octanol–water partition coefficient (Wildman–Crippen LogP) is 5.53. The van der Waals surface area contributed by atoms with E-state index in [1.165, 1.54) is 44.1 Å². The van der Waals surface area contributed by atoms with Crippen LogP contribution in [-0.2, 0) is 0 Å². The van der Waals surface area contributed by atoms with E-state index in [4.69, 9.17) is 4.74 Å². The Morgan fingerprint density at radius 3 is 2.50 bits per heavy atom. The van der Waals surface area contributed by atoms with E-state index in [9.17, 15) is 0 Å². The molecule has 0 unspecified atom stereocenters. The molecule has 1 aliphatic rings. The quantitative estimate of drug-likeness (QED) is 0.710. The van der Waals surface area contributed by atoms with Crippen LogP contribution in [0.15, 0.2) is 22.7 Å². The zero-order chi connectivity index (χ0) is 13.0. The molecule has 2 rings (SSSR count). The zero-order valence-corrected chi connectivity index (χ0v) is 13.0. The molecule has 0 aliphatic heterocycles. The van der Waals surface area contributed by atoms with E-state index in [1.54, 1.807) is 7.11 Å². The number of ether oxygens (including phenoxy) is 1. The lowest BCUT2D eigenvalue weighted by atomic mass is 9.77. The van der Waals surface area contributed by atoms with Crippen molar-refractivity contribution in [3.05, 3.63) is 28.2 Å². The van der Waals surface area contributed by atoms with Crippen LogP contribution in [0, 0.1) is 5.92 Å². The maximum absolute atomic E-state index is 5.29. The lowest BCUT2D eigenvalue weighted by Crippen LogP contribution is -2.13. The summed E-state index contributed by atoms with van der Waals surface area (Å²) in [4.78, 5) is 0. The van der Waals surface area contributed by atoms with Gasteiger partial charge in [-0.25, -0.2) is 0 Å². The molecule has 0 radical (unpaired) electrons. The average molecular weight is 311 g/mol. The lowest BCUT2D eigenvalue weighted by molar-refractivity contribution is 0.308. The minimum absolute atomic E-state index is 0.750. The molecule has 18 heavy (non-hydrogen) atoms. The van der Waals surface area contributed by atoms with E-state index < -0.39 is 0 Å². The van der Waals surface area contributed by atoms with Crippen molar-refractivity contribution in [2.45, 2.75) is 51.4 Å². The van der Waals surface area contributed by atoms with E-state index in [0.29, 0.717) is 0 Å². The number of hydrogen-bond acceptors (Lipinski definition) is 1. The van der Waals surface area contributed by atoms with Crippen LogP contribution in [-0.4, -0.2) is 7.11 Å². The molecule has 1 aromatic carbocycles. The Kier molecular flexibility index (Phi) is 5.11. The molecular formula is C16H23BrO. The lowest BCUT2D eigenvalue weighted by Gasteiger charge is -2.28. The molecule has 0 atom stereocenters. The summed E-state index contributed by atoms with van der Waals surface area (Å²) in [7, 11) is 1.72. The van der Waals surface area contributed by atoms with Gasteiger partial charge in [0.25, 0.3) is 0 Å². The highest BCUT2D eigenvalue weighted by Crippen LogP contribution is 2.39. The van der Waals surface area contributed by atoms with Crippen LogP contribution >= 0.6 is 15.9 Å². The first-order chi connectivity index (χ1) is 8.74. The largest absolute Gasteiger partial charge is 0.496 e. The van der Waals surface area contributed by atoms with Crippen LogP contribution < -0.4 is 4.74 Å². The van der Waals surface area contributed by atoms with E-state index in [2.05, 4.69) is 41.1 Å². The molecule has 1 saturated carbocycles. The summed E-state index contributed by atoms with van der Waals surface area (Å²) in [5.74, 6) is 2.66. The van der Waals surface area contributed by atoms with Crippen LogP contribution in [0.2, 0.25) is 0 Å². The van der Waals surface area contributed by atoms with Gasteiger partial charge in [-0.1, -0.05) is 25.8 Å². The van der Waals surface area contributed by atoms with Gasteiger partial charge in [-0.15, -0.1) is 0 Å². The fourth-order valence-corrected chi connectivity index (χ4v) is 3.69. The van der Waals surface area contributed by atoms with Crippen molar-refractivity contribution in [2.75, 3.05) is 7.11 Å². The molecule has 100 valence electrons. The van der Waals surface area contributed by atoms with Crippen LogP contribution in [0.25, 0.3) is 0 Å². The van der Waals surface area contributed by atoms with Gasteiger partial charge < -0.3 is 4.74 Å². The third-order valence-corrected chi connectivity index (χ3v) is 4.81. The Morgan fingerprint density at radius 2 is 1.94 bits per heavy atom. The highest BCUT2D eigenvalue weighted by Gasteiger charge is 2.22. The molecule has 0 amide bonds. The summed E-state index contributed by atoms with van der Waals surface area (Å²) < 4.78 is 6.37. The van der Waals surface area contributed by atoms with Crippen molar-refractivity contribution in [2.24, 2.45) is 5.92 Å². The van der Waals surface area contributed by atoms with Gasteiger partial charge in [-0.2, -0.15) is 0 Å². The van der Waals surface area contributed by atoms with Gasteiger partial charge in [-0.05, 0) is 71.1 Å². The van der Waals surface area contributed by atoms with Gasteiger partial charge in [-0.3, -0.25) is 0 Å². The molecular weight excluding hydrogens is 288 g/mol. The van der Waals surface area contributed by atoms with Crippen molar-refractivity contribution in [1.82, 2.24) is 0 Å². The first-order valence-corrected chi connectivity index (χ1v) is 7.87. The monoisotopic (exact) mass is 310 g/mol. The van der Waals surface area contributed by atoms with Gasteiger partial charge in [0, 0.05) is 0 Å². The molecule has 0 N–H and O–H groups in total. The Balaban J connectivity index is 1.99. The molecule has 0 bridgehead atoms. The van der Waals surface area contributed by atoms with Crippen LogP contribution in [0.4, 0.5) is 0 Å². The summed E-state index contributed by atoms with van der Waals surface area (Å²) in [6.45, 7) is 2.30. The van der Waals surface area contributed by atoms with Crippen LogP contribution in [0.5, 0.6) is 5.75 Å². The third-order valence-electron chi connectivity index (χ3n) is 4.19. The van der Waals surface area contributed by atoms with E-state index in [0.717, 1.165) is 22.1 Å². The second-order valence-electron chi connectivity index (χ2n) is 5.40. The van der Waals surface area contributed by atoms with Gasteiger partial charge in [0.05, 0.1) is 11.6 Å². The minimum atomic E-state index is 0.750. The topological polar surface area (TPSA) is 9.23 Å². The predicted molar refractivity (Wildman–Crippen MR) is 80.3 cm³/mol. The maximum atomic E-state index is 5.29. The zero-order valence-electron chi connectivity index (χ0n) is 11.4. The molecule has 0 heterocycles. The van der Waals surface area contributed by atoms with Gasteiger partial charge in [0.1, 0.15) is 5.75 Å². The molecule has 1 aromatic rings. The molecule has 0 spiro atoms. The summed E-state index contributed by atoms with van der Waals surface area (Å²) in [6, 6.07) is 6.55. The molecule has 0 saturated heterocycles. The second-order valence-corrected chi connectivity index (χ2v) is 6.25. The SMILES string of the molecule is CCCC1CCC(c2ccc(OC)c(Br)c2)CC1. The van der Waals surface area contributed by atoms with Crippen molar-refractivity contribution in [3.63, 3.8) is 0 Å². The van der Waals surface area contributed by atoms with E-state index in [1.807, 2.05) is 0 Å². The number of rotatable bonds is 4. The van der Waals surface area contributed by atoms with Crippen molar-refractivity contribution in [1.29, 1.82) is 0 Å². The van der Waals surface area contributed by atoms with Crippen molar-refractivity contribution < 1.29 is 4.74 Å². The molecule has 1 fully saturated rings. The molecule has 2 heteroatoms.